The van der Waals surface area contributed by atoms with Gasteiger partial charge in [-0.1, -0.05) is 36.4 Å². The van der Waals surface area contributed by atoms with Crippen LogP contribution in [-0.4, -0.2) is 18.0 Å². The van der Waals surface area contributed by atoms with E-state index in [0.717, 1.165) is 23.2 Å². The topological polar surface area (TPSA) is 81.5 Å². The van der Waals surface area contributed by atoms with Crippen LogP contribution in [0.25, 0.3) is 0 Å². The molecule has 1 aliphatic heterocycles. The van der Waals surface area contributed by atoms with Crippen LogP contribution in [0.1, 0.15) is 39.9 Å². The molecule has 6 nitrogen and oxygen atoms in total. The molecule has 0 bridgehead atoms. The Morgan fingerprint density at radius 3 is 2.69 bits per heavy atom. The summed E-state index contributed by atoms with van der Waals surface area (Å²) < 4.78 is 4.92. The van der Waals surface area contributed by atoms with Gasteiger partial charge in [0.2, 0.25) is 0 Å². The van der Waals surface area contributed by atoms with Crippen LogP contribution in [0, 0.1) is 16.0 Å². The minimum Gasteiger partial charge on any atom is -0.465 e. The van der Waals surface area contributed by atoms with E-state index in [1.54, 1.807) is 18.2 Å². The summed E-state index contributed by atoms with van der Waals surface area (Å²) in [4.78, 5) is 22.7. The third-order valence-electron chi connectivity index (χ3n) is 5.27. The van der Waals surface area contributed by atoms with Gasteiger partial charge in [0.05, 0.1) is 29.3 Å². The molecule has 0 fully saturated rings. The lowest BCUT2D eigenvalue weighted by Gasteiger charge is -2.38. The first kappa shape index (κ1) is 16.3. The molecule has 2 aromatic carbocycles. The fourth-order valence-corrected chi connectivity index (χ4v) is 4.03. The number of esters is 1. The van der Waals surface area contributed by atoms with Crippen LogP contribution >= 0.6 is 0 Å². The van der Waals surface area contributed by atoms with Crippen molar-refractivity contribution in [1.29, 1.82) is 0 Å². The number of non-ortho nitro benzene ring substituents is 1. The molecule has 0 radical (unpaired) electrons. The SMILES string of the molecule is COC(=O)c1cccc2c1N[C@H](c1ccc([N+](=O)[O-])cc1)[C@H]1CC=C[C@H]21. The van der Waals surface area contributed by atoms with Crippen LogP contribution in [-0.2, 0) is 4.74 Å². The number of nitrogens with one attached hydrogen (secondary N) is 1. The van der Waals surface area contributed by atoms with Gasteiger partial charge in [-0.05, 0) is 29.5 Å². The zero-order valence-electron chi connectivity index (χ0n) is 14.2. The van der Waals surface area contributed by atoms with Crippen molar-refractivity contribution in [2.24, 2.45) is 5.92 Å². The molecule has 0 saturated carbocycles. The highest BCUT2D eigenvalue weighted by Crippen LogP contribution is 2.50. The molecule has 2 aromatic rings. The minimum atomic E-state index is -0.400. The van der Waals surface area contributed by atoms with Crippen LogP contribution in [0.2, 0.25) is 0 Å². The van der Waals surface area contributed by atoms with E-state index in [0.29, 0.717) is 11.5 Å². The second kappa shape index (κ2) is 6.29. The second-order valence-electron chi connectivity index (χ2n) is 6.59. The average Bonchev–Trinajstić information content (AvgIpc) is 3.16. The zero-order valence-corrected chi connectivity index (χ0v) is 14.2. The first-order chi connectivity index (χ1) is 12.6. The van der Waals surface area contributed by atoms with Crippen molar-refractivity contribution in [3.05, 3.63) is 81.4 Å². The summed E-state index contributed by atoms with van der Waals surface area (Å²) in [6.07, 6.45) is 5.26. The molecule has 26 heavy (non-hydrogen) atoms. The number of fused-ring (bicyclic) bond motifs is 3. The van der Waals surface area contributed by atoms with Gasteiger partial charge in [0.15, 0.2) is 0 Å². The fraction of sp³-hybridized carbons (Fsp3) is 0.250. The van der Waals surface area contributed by atoms with E-state index in [-0.39, 0.29) is 23.6 Å². The molecule has 3 atom stereocenters. The largest absolute Gasteiger partial charge is 0.465 e. The molecule has 0 spiro atoms. The summed E-state index contributed by atoms with van der Waals surface area (Å²) >= 11 is 0. The molecule has 1 aliphatic carbocycles. The number of benzene rings is 2. The smallest absolute Gasteiger partial charge is 0.339 e. The number of hydrogen-bond acceptors (Lipinski definition) is 5. The molecule has 6 heteroatoms. The second-order valence-corrected chi connectivity index (χ2v) is 6.59. The molecule has 1 N–H and O–H groups in total. The third kappa shape index (κ3) is 2.54. The predicted octanol–water partition coefficient (Wildman–Crippen LogP) is 4.21. The van der Waals surface area contributed by atoms with E-state index < -0.39 is 4.92 Å². The van der Waals surface area contributed by atoms with Crippen LogP contribution in [0.15, 0.2) is 54.6 Å². The Kier molecular flexibility index (Phi) is 3.95. The van der Waals surface area contributed by atoms with E-state index in [1.807, 2.05) is 12.1 Å². The number of rotatable bonds is 3. The molecule has 132 valence electrons. The highest BCUT2D eigenvalue weighted by Gasteiger charge is 2.39. The molecule has 4 rings (SSSR count). The van der Waals surface area contributed by atoms with Crippen molar-refractivity contribution in [3.8, 4) is 0 Å². The van der Waals surface area contributed by atoms with Crippen molar-refractivity contribution in [2.45, 2.75) is 18.4 Å². The van der Waals surface area contributed by atoms with Gasteiger partial charge in [0.25, 0.3) is 5.69 Å². The number of para-hydroxylation sites is 1. The number of methoxy groups -OCH3 is 1. The summed E-state index contributed by atoms with van der Waals surface area (Å²) in [6.45, 7) is 0. The van der Waals surface area contributed by atoms with Gasteiger partial charge in [-0.2, -0.15) is 0 Å². The molecule has 2 aliphatic rings. The van der Waals surface area contributed by atoms with E-state index in [4.69, 9.17) is 4.74 Å². The number of ether oxygens (including phenoxy) is 1. The van der Waals surface area contributed by atoms with Gasteiger partial charge < -0.3 is 10.1 Å². The first-order valence-electron chi connectivity index (χ1n) is 8.49. The van der Waals surface area contributed by atoms with Crippen molar-refractivity contribution in [3.63, 3.8) is 0 Å². The Hall–Kier alpha value is -3.15. The van der Waals surface area contributed by atoms with Gasteiger partial charge in [0.1, 0.15) is 0 Å². The van der Waals surface area contributed by atoms with Gasteiger partial charge in [0, 0.05) is 18.1 Å². The van der Waals surface area contributed by atoms with E-state index in [9.17, 15) is 14.9 Å². The maximum Gasteiger partial charge on any atom is 0.339 e. The maximum atomic E-state index is 12.2. The number of carbonyl (C=O) groups excluding carboxylic acids is 1. The van der Waals surface area contributed by atoms with E-state index >= 15 is 0 Å². The third-order valence-corrected chi connectivity index (χ3v) is 5.27. The minimum absolute atomic E-state index is 0.0332. The quantitative estimate of drug-likeness (QED) is 0.388. The maximum absolute atomic E-state index is 12.2. The Labute approximate surface area is 150 Å². The average molecular weight is 350 g/mol. The number of carbonyl (C=O) groups is 1. The number of allylic oxidation sites excluding steroid dienone is 2. The number of anilines is 1. The highest BCUT2D eigenvalue weighted by atomic mass is 16.6. The summed E-state index contributed by atoms with van der Waals surface area (Å²) in [5.74, 6) is 0.130. The lowest BCUT2D eigenvalue weighted by Crippen LogP contribution is -2.30. The Balaban J connectivity index is 1.78. The van der Waals surface area contributed by atoms with Crippen molar-refractivity contribution in [2.75, 3.05) is 12.4 Å². The lowest BCUT2D eigenvalue weighted by molar-refractivity contribution is -0.384. The molecule has 1 heterocycles. The first-order valence-corrected chi connectivity index (χ1v) is 8.49. The van der Waals surface area contributed by atoms with Crippen LogP contribution in [0.5, 0.6) is 0 Å². The van der Waals surface area contributed by atoms with Gasteiger partial charge in [-0.25, -0.2) is 4.79 Å². The van der Waals surface area contributed by atoms with Gasteiger partial charge in [-0.3, -0.25) is 10.1 Å². The summed E-state index contributed by atoms with van der Waals surface area (Å²) in [7, 11) is 1.37. The van der Waals surface area contributed by atoms with Gasteiger partial charge in [-0.15, -0.1) is 0 Å². The number of nitro groups is 1. The fourth-order valence-electron chi connectivity index (χ4n) is 4.03. The Morgan fingerprint density at radius 1 is 1.23 bits per heavy atom. The van der Waals surface area contributed by atoms with Crippen molar-refractivity contribution >= 4 is 17.3 Å². The molecule has 0 saturated heterocycles. The number of hydrogen-bond donors (Lipinski definition) is 1. The monoisotopic (exact) mass is 350 g/mol. The number of nitro benzene ring substituents is 1. The lowest BCUT2D eigenvalue weighted by atomic mass is 9.76. The molecular weight excluding hydrogens is 332 g/mol. The Morgan fingerprint density at radius 2 is 2.00 bits per heavy atom. The van der Waals surface area contributed by atoms with Crippen LogP contribution < -0.4 is 5.32 Å². The van der Waals surface area contributed by atoms with E-state index in [2.05, 4.69) is 17.5 Å². The highest BCUT2D eigenvalue weighted by molar-refractivity contribution is 5.97. The van der Waals surface area contributed by atoms with Crippen LogP contribution in [0.3, 0.4) is 0 Å². The summed E-state index contributed by atoms with van der Waals surface area (Å²) in [5, 5.41) is 14.4. The van der Waals surface area contributed by atoms with Crippen molar-refractivity contribution in [1.82, 2.24) is 0 Å². The summed E-state index contributed by atoms with van der Waals surface area (Å²) in [6, 6.07) is 12.3. The van der Waals surface area contributed by atoms with Gasteiger partial charge >= 0.3 is 5.97 Å². The molecule has 0 unspecified atom stereocenters. The number of nitrogens with zero attached hydrogens (tertiary/aromatic N) is 1. The Bertz CT molecular complexity index is 905. The predicted molar refractivity (Wildman–Crippen MR) is 97.2 cm³/mol. The normalized spacial score (nSPS) is 22.9. The van der Waals surface area contributed by atoms with E-state index in [1.165, 1.54) is 19.2 Å². The molecule has 0 aromatic heterocycles. The summed E-state index contributed by atoms with van der Waals surface area (Å²) in [5.41, 5.74) is 3.43. The van der Waals surface area contributed by atoms with Crippen molar-refractivity contribution < 1.29 is 14.5 Å². The molecular formula is C20H18N2O4. The zero-order chi connectivity index (χ0) is 18.3. The standard InChI is InChI=1S/C20H18N2O4/c1-26-20(23)17-7-3-6-16-14-4-2-5-15(14)18(21-19(16)17)12-8-10-13(11-9-12)22(24)25/h2-4,6-11,14-15,18,21H,5H2,1H3/t14-,15-,18+/m0/s1. The van der Waals surface area contributed by atoms with Crippen LogP contribution in [0.4, 0.5) is 11.4 Å². The molecule has 0 amide bonds.